The lowest BCUT2D eigenvalue weighted by molar-refractivity contribution is -0.114. The summed E-state index contributed by atoms with van der Waals surface area (Å²) in [5.41, 5.74) is 2.08. The molecule has 0 rings (SSSR count). The Labute approximate surface area is 66.5 Å². The summed E-state index contributed by atoms with van der Waals surface area (Å²) >= 11 is 0. The zero-order valence-corrected chi connectivity index (χ0v) is 7.09. The fourth-order valence-corrected chi connectivity index (χ4v) is 0.542. The maximum absolute atomic E-state index is 10.7. The van der Waals surface area contributed by atoms with Gasteiger partial charge in [0.15, 0.2) is 5.78 Å². The number of Topliss-reactive ketones (excluding diaryl/α,β-unsaturated/α-hetero) is 1. The fourth-order valence-electron chi connectivity index (χ4n) is 0.542. The van der Waals surface area contributed by atoms with Gasteiger partial charge in [0.2, 0.25) is 0 Å². The highest BCUT2D eigenvalue weighted by Gasteiger charge is 1.99. The van der Waals surface area contributed by atoms with Gasteiger partial charge < -0.3 is 4.90 Å². The maximum atomic E-state index is 10.7. The van der Waals surface area contributed by atoms with Crippen LogP contribution in [0.5, 0.6) is 0 Å². The average molecular weight is 158 g/mol. The Morgan fingerprint density at radius 1 is 1.64 bits per heavy atom. The van der Waals surface area contributed by atoms with Crippen LogP contribution in [0, 0.1) is 0 Å². The molecule has 0 amide bonds. The zero-order valence-electron chi connectivity index (χ0n) is 7.09. The molecule has 0 fully saturated rings. The van der Waals surface area contributed by atoms with Crippen LogP contribution in [0.25, 0.3) is 0 Å². The fraction of sp³-hybridized carbons (Fsp3) is 0.571. The molecule has 0 aromatic rings. The number of allylic oxidation sites excluding steroid dienone is 1. The average Bonchev–Trinajstić information content (AvgIpc) is 1.87. The largest absolute Gasteiger partial charge is 0.306 e. The number of hydroxylamine groups is 1. The monoisotopic (exact) mass is 158 g/mol. The summed E-state index contributed by atoms with van der Waals surface area (Å²) in [6, 6.07) is 0. The molecule has 11 heavy (non-hydrogen) atoms. The van der Waals surface area contributed by atoms with Gasteiger partial charge in [0.25, 0.3) is 0 Å². The van der Waals surface area contributed by atoms with Gasteiger partial charge in [0.05, 0.1) is 0 Å². The lowest BCUT2D eigenvalue weighted by Crippen LogP contribution is -2.18. The highest BCUT2D eigenvalue weighted by Crippen LogP contribution is 1.89. The number of hydrogen-bond donors (Lipinski definition) is 2. The van der Waals surface area contributed by atoms with E-state index in [1.165, 1.54) is 6.92 Å². The SMILES string of the molecule is CC(=O)C(=CCN(C)C)NO. The van der Waals surface area contributed by atoms with Crippen LogP contribution in [0.15, 0.2) is 11.8 Å². The van der Waals surface area contributed by atoms with E-state index in [0.29, 0.717) is 6.54 Å². The van der Waals surface area contributed by atoms with Crippen LogP contribution in [0.2, 0.25) is 0 Å². The van der Waals surface area contributed by atoms with Gasteiger partial charge in [-0.2, -0.15) is 0 Å². The number of nitrogens with zero attached hydrogens (tertiary/aromatic N) is 1. The second kappa shape index (κ2) is 4.87. The normalized spacial score (nSPS) is 11.9. The Bertz CT molecular complexity index is 164. The molecule has 4 nitrogen and oxygen atoms in total. The molecule has 0 radical (unpaired) electrons. The molecule has 0 saturated carbocycles. The molecule has 2 N–H and O–H groups in total. The van der Waals surface area contributed by atoms with Crippen LogP contribution in [0.1, 0.15) is 6.92 Å². The van der Waals surface area contributed by atoms with Crippen molar-refractivity contribution < 1.29 is 10.0 Å². The second-order valence-corrected chi connectivity index (χ2v) is 2.55. The molecular weight excluding hydrogens is 144 g/mol. The van der Waals surface area contributed by atoms with Crippen molar-refractivity contribution >= 4 is 5.78 Å². The first-order valence-corrected chi connectivity index (χ1v) is 3.34. The molecule has 0 aromatic heterocycles. The van der Waals surface area contributed by atoms with Crippen molar-refractivity contribution in [2.45, 2.75) is 6.92 Å². The van der Waals surface area contributed by atoms with E-state index in [1.807, 2.05) is 24.5 Å². The van der Waals surface area contributed by atoms with Gasteiger partial charge in [-0.3, -0.25) is 15.5 Å². The Morgan fingerprint density at radius 3 is 2.45 bits per heavy atom. The predicted octanol–water partition coefficient (Wildman–Crippen LogP) is -0.000300. The van der Waals surface area contributed by atoms with E-state index in [-0.39, 0.29) is 11.5 Å². The van der Waals surface area contributed by atoms with E-state index in [1.54, 1.807) is 6.08 Å². The van der Waals surface area contributed by atoms with Crippen molar-refractivity contribution in [2.24, 2.45) is 0 Å². The van der Waals surface area contributed by atoms with Crippen LogP contribution >= 0.6 is 0 Å². The minimum absolute atomic E-state index is 0.172. The minimum Gasteiger partial charge on any atom is -0.306 e. The van der Waals surface area contributed by atoms with Crippen molar-refractivity contribution in [3.63, 3.8) is 0 Å². The van der Waals surface area contributed by atoms with E-state index in [0.717, 1.165) is 0 Å². The second-order valence-electron chi connectivity index (χ2n) is 2.55. The molecule has 0 heterocycles. The predicted molar refractivity (Wildman–Crippen MR) is 42.2 cm³/mol. The Balaban J connectivity index is 4.02. The number of likely N-dealkylation sites (N-methyl/N-ethyl adjacent to an activating group) is 1. The summed E-state index contributed by atoms with van der Waals surface area (Å²) in [6.45, 7) is 2.02. The van der Waals surface area contributed by atoms with Crippen LogP contribution in [-0.4, -0.2) is 36.5 Å². The number of carbonyl (C=O) groups is 1. The molecule has 0 saturated heterocycles. The summed E-state index contributed by atoms with van der Waals surface area (Å²) in [6.07, 6.45) is 1.63. The number of nitrogens with one attached hydrogen (secondary N) is 1. The highest BCUT2D eigenvalue weighted by molar-refractivity contribution is 5.92. The van der Waals surface area contributed by atoms with Gasteiger partial charge in [-0.25, -0.2) is 0 Å². The van der Waals surface area contributed by atoms with Gasteiger partial charge >= 0.3 is 0 Å². The molecule has 0 spiro atoms. The quantitative estimate of drug-likeness (QED) is 0.446. The number of hydrogen-bond acceptors (Lipinski definition) is 4. The third-order valence-electron chi connectivity index (χ3n) is 1.16. The first kappa shape index (κ1) is 10.1. The minimum atomic E-state index is -0.172. The third kappa shape index (κ3) is 4.52. The van der Waals surface area contributed by atoms with Gasteiger partial charge in [-0.05, 0) is 20.2 Å². The van der Waals surface area contributed by atoms with E-state index in [2.05, 4.69) is 0 Å². The molecular formula is C7H14N2O2. The van der Waals surface area contributed by atoms with E-state index < -0.39 is 0 Å². The molecule has 0 aliphatic heterocycles. The van der Waals surface area contributed by atoms with Crippen LogP contribution < -0.4 is 5.48 Å². The molecule has 0 aliphatic carbocycles. The topological polar surface area (TPSA) is 52.6 Å². The summed E-state index contributed by atoms with van der Waals surface area (Å²) in [5, 5.41) is 8.45. The zero-order chi connectivity index (χ0) is 8.85. The van der Waals surface area contributed by atoms with Crippen LogP contribution in [-0.2, 0) is 4.79 Å². The molecule has 0 aliphatic rings. The van der Waals surface area contributed by atoms with Crippen molar-refractivity contribution in [3.05, 3.63) is 11.8 Å². The van der Waals surface area contributed by atoms with E-state index in [9.17, 15) is 4.79 Å². The smallest absolute Gasteiger partial charge is 0.177 e. The van der Waals surface area contributed by atoms with E-state index >= 15 is 0 Å². The van der Waals surface area contributed by atoms with Gasteiger partial charge in [0, 0.05) is 13.5 Å². The first-order chi connectivity index (χ1) is 5.07. The molecule has 4 heteroatoms. The molecule has 0 atom stereocenters. The summed E-state index contributed by atoms with van der Waals surface area (Å²) in [5.74, 6) is -0.172. The Kier molecular flexibility index (Phi) is 4.49. The molecule has 64 valence electrons. The van der Waals surface area contributed by atoms with Crippen molar-refractivity contribution in [2.75, 3.05) is 20.6 Å². The summed E-state index contributed by atoms with van der Waals surface area (Å²) in [4.78, 5) is 12.6. The van der Waals surface area contributed by atoms with Gasteiger partial charge in [-0.1, -0.05) is 0 Å². The highest BCUT2D eigenvalue weighted by atomic mass is 16.5. The molecule has 0 unspecified atom stereocenters. The van der Waals surface area contributed by atoms with Crippen LogP contribution in [0.3, 0.4) is 0 Å². The number of ketones is 1. The lowest BCUT2D eigenvalue weighted by atomic mass is 10.3. The van der Waals surface area contributed by atoms with Crippen molar-refractivity contribution in [3.8, 4) is 0 Å². The van der Waals surface area contributed by atoms with Crippen molar-refractivity contribution in [1.29, 1.82) is 0 Å². The van der Waals surface area contributed by atoms with Gasteiger partial charge in [-0.15, -0.1) is 0 Å². The third-order valence-corrected chi connectivity index (χ3v) is 1.16. The Morgan fingerprint density at radius 2 is 2.18 bits per heavy atom. The maximum Gasteiger partial charge on any atom is 0.177 e. The summed E-state index contributed by atoms with van der Waals surface area (Å²) < 4.78 is 0. The van der Waals surface area contributed by atoms with Crippen LogP contribution in [0.4, 0.5) is 0 Å². The van der Waals surface area contributed by atoms with Gasteiger partial charge in [0.1, 0.15) is 5.70 Å². The number of rotatable bonds is 4. The van der Waals surface area contributed by atoms with E-state index in [4.69, 9.17) is 5.21 Å². The summed E-state index contributed by atoms with van der Waals surface area (Å²) in [7, 11) is 3.76. The van der Waals surface area contributed by atoms with Crippen molar-refractivity contribution in [1.82, 2.24) is 10.4 Å². The first-order valence-electron chi connectivity index (χ1n) is 3.34. The molecule has 0 bridgehead atoms. The lowest BCUT2D eigenvalue weighted by Gasteiger charge is -2.06. The molecule has 0 aromatic carbocycles. The standard InChI is InChI=1S/C7H14N2O2/c1-6(10)7(8-11)4-5-9(2)3/h4,8,11H,5H2,1-3H3. The Hall–Kier alpha value is -0.870. The number of carbonyl (C=O) groups excluding carboxylic acids is 1.